The van der Waals surface area contributed by atoms with Crippen molar-refractivity contribution < 1.29 is 14.3 Å². The summed E-state index contributed by atoms with van der Waals surface area (Å²) in [4.78, 5) is 16.9. The van der Waals surface area contributed by atoms with Crippen LogP contribution in [0.4, 0.5) is 0 Å². The van der Waals surface area contributed by atoms with Gasteiger partial charge in [-0.3, -0.25) is 4.79 Å². The summed E-state index contributed by atoms with van der Waals surface area (Å²) in [6.07, 6.45) is 0. The summed E-state index contributed by atoms with van der Waals surface area (Å²) in [5.74, 6) is 1.01. The second-order valence-electron chi connectivity index (χ2n) is 4.39. The van der Waals surface area contributed by atoms with E-state index in [1.54, 1.807) is 32.4 Å². The number of para-hydroxylation sites is 1. The molecule has 0 bridgehead atoms. The van der Waals surface area contributed by atoms with Gasteiger partial charge in [0.05, 0.1) is 24.4 Å². The van der Waals surface area contributed by atoms with Crippen molar-refractivity contribution in [3.63, 3.8) is 0 Å². The molecule has 1 heterocycles. The lowest BCUT2D eigenvalue weighted by molar-refractivity contribution is 0.103. The van der Waals surface area contributed by atoms with Crippen LogP contribution in [0.3, 0.4) is 0 Å². The number of rotatable bonds is 4. The summed E-state index contributed by atoms with van der Waals surface area (Å²) in [5, 5.41) is 0.475. The van der Waals surface area contributed by atoms with Crippen molar-refractivity contribution in [2.45, 2.75) is 0 Å². The number of nitrogens with zero attached hydrogens (tertiary/aromatic N) is 1. The van der Waals surface area contributed by atoms with E-state index in [-0.39, 0.29) is 5.78 Å². The monoisotopic (exact) mass is 299 g/mol. The normalized spacial score (nSPS) is 10.6. The molecule has 0 spiro atoms. The average molecular weight is 299 g/mol. The zero-order valence-electron chi connectivity index (χ0n) is 11.6. The van der Waals surface area contributed by atoms with Crippen LogP contribution in [0.5, 0.6) is 11.5 Å². The Balaban J connectivity index is 2.01. The van der Waals surface area contributed by atoms with Crippen LogP contribution in [0.15, 0.2) is 42.5 Å². The molecule has 2 aromatic carbocycles. The second kappa shape index (κ2) is 5.54. The number of carbonyl (C=O) groups excluding carboxylic acids is 1. The Bertz CT molecular complexity index is 777. The van der Waals surface area contributed by atoms with Crippen LogP contribution < -0.4 is 9.47 Å². The lowest BCUT2D eigenvalue weighted by Crippen LogP contribution is -2.01. The van der Waals surface area contributed by atoms with Gasteiger partial charge in [-0.1, -0.05) is 12.1 Å². The highest BCUT2D eigenvalue weighted by atomic mass is 32.1. The van der Waals surface area contributed by atoms with Crippen molar-refractivity contribution in [3.05, 3.63) is 53.0 Å². The minimum absolute atomic E-state index is 0.114. The van der Waals surface area contributed by atoms with Gasteiger partial charge in [0.2, 0.25) is 5.78 Å². The molecule has 0 aliphatic heterocycles. The number of methoxy groups -OCH3 is 2. The Morgan fingerprint density at radius 2 is 1.81 bits per heavy atom. The topological polar surface area (TPSA) is 48.4 Å². The number of fused-ring (bicyclic) bond motifs is 1. The SMILES string of the molecule is COc1ccc(C(=O)c2nc3ccccc3s2)cc1OC. The van der Waals surface area contributed by atoms with E-state index in [0.717, 1.165) is 10.2 Å². The molecule has 0 saturated carbocycles. The predicted octanol–water partition coefficient (Wildman–Crippen LogP) is 3.54. The van der Waals surface area contributed by atoms with Gasteiger partial charge in [-0.2, -0.15) is 0 Å². The van der Waals surface area contributed by atoms with E-state index in [1.807, 2.05) is 24.3 Å². The van der Waals surface area contributed by atoms with E-state index >= 15 is 0 Å². The molecule has 0 amide bonds. The molecule has 3 rings (SSSR count). The number of hydrogen-bond donors (Lipinski definition) is 0. The Morgan fingerprint density at radius 1 is 1.05 bits per heavy atom. The summed E-state index contributed by atoms with van der Waals surface area (Å²) in [7, 11) is 3.11. The van der Waals surface area contributed by atoms with Gasteiger partial charge in [0.25, 0.3) is 0 Å². The molecular weight excluding hydrogens is 286 g/mol. The second-order valence-corrected chi connectivity index (χ2v) is 5.42. The van der Waals surface area contributed by atoms with Crippen LogP contribution in [-0.4, -0.2) is 25.0 Å². The molecule has 106 valence electrons. The number of carbonyl (C=O) groups is 1. The van der Waals surface area contributed by atoms with Crippen LogP contribution >= 0.6 is 11.3 Å². The van der Waals surface area contributed by atoms with Gasteiger partial charge in [-0.05, 0) is 30.3 Å². The van der Waals surface area contributed by atoms with Crippen LogP contribution in [0, 0.1) is 0 Å². The van der Waals surface area contributed by atoms with Crippen molar-refractivity contribution >= 4 is 27.3 Å². The van der Waals surface area contributed by atoms with Crippen LogP contribution in [0.2, 0.25) is 0 Å². The summed E-state index contributed by atoms with van der Waals surface area (Å²) in [5.41, 5.74) is 1.37. The maximum absolute atomic E-state index is 12.5. The molecule has 21 heavy (non-hydrogen) atoms. The first-order valence-electron chi connectivity index (χ1n) is 6.35. The van der Waals surface area contributed by atoms with Gasteiger partial charge < -0.3 is 9.47 Å². The van der Waals surface area contributed by atoms with E-state index in [4.69, 9.17) is 9.47 Å². The number of ketones is 1. The molecule has 0 aliphatic carbocycles. The van der Waals surface area contributed by atoms with Crippen molar-refractivity contribution in [2.24, 2.45) is 0 Å². The Kier molecular flexibility index (Phi) is 3.58. The Hall–Kier alpha value is -2.40. The molecule has 0 atom stereocenters. The fraction of sp³-hybridized carbons (Fsp3) is 0.125. The average Bonchev–Trinajstić information content (AvgIpc) is 2.97. The Labute approximate surface area is 126 Å². The summed E-state index contributed by atoms with van der Waals surface area (Å²) in [6, 6.07) is 12.8. The van der Waals surface area contributed by atoms with Crippen molar-refractivity contribution in [2.75, 3.05) is 14.2 Å². The summed E-state index contributed by atoms with van der Waals surface area (Å²) < 4.78 is 11.4. The van der Waals surface area contributed by atoms with E-state index in [2.05, 4.69) is 4.98 Å². The predicted molar refractivity (Wildman–Crippen MR) is 82.6 cm³/mol. The zero-order valence-corrected chi connectivity index (χ0v) is 12.4. The third-order valence-corrected chi connectivity index (χ3v) is 4.17. The van der Waals surface area contributed by atoms with Crippen molar-refractivity contribution in [3.8, 4) is 11.5 Å². The third-order valence-electron chi connectivity index (χ3n) is 3.13. The molecule has 0 saturated heterocycles. The largest absolute Gasteiger partial charge is 0.493 e. The minimum Gasteiger partial charge on any atom is -0.493 e. The van der Waals surface area contributed by atoms with Crippen molar-refractivity contribution in [1.82, 2.24) is 4.98 Å². The molecule has 3 aromatic rings. The maximum atomic E-state index is 12.5. The summed E-state index contributed by atoms with van der Waals surface area (Å²) in [6.45, 7) is 0. The smallest absolute Gasteiger partial charge is 0.221 e. The molecule has 5 heteroatoms. The number of ether oxygens (including phenoxy) is 2. The van der Waals surface area contributed by atoms with Gasteiger partial charge in [0.1, 0.15) is 0 Å². The quantitative estimate of drug-likeness (QED) is 0.691. The number of aromatic nitrogens is 1. The molecule has 0 fully saturated rings. The highest BCUT2D eigenvalue weighted by molar-refractivity contribution is 7.20. The lowest BCUT2D eigenvalue weighted by Gasteiger charge is -2.08. The third kappa shape index (κ3) is 2.48. The lowest BCUT2D eigenvalue weighted by atomic mass is 10.1. The van der Waals surface area contributed by atoms with Crippen LogP contribution in [0.1, 0.15) is 15.4 Å². The first-order valence-corrected chi connectivity index (χ1v) is 7.17. The molecule has 4 nitrogen and oxygen atoms in total. The fourth-order valence-corrected chi connectivity index (χ4v) is 3.00. The van der Waals surface area contributed by atoms with E-state index < -0.39 is 0 Å². The molecule has 1 aromatic heterocycles. The molecule has 0 N–H and O–H groups in total. The summed E-state index contributed by atoms with van der Waals surface area (Å²) >= 11 is 1.39. The first kappa shape index (κ1) is 13.6. The van der Waals surface area contributed by atoms with E-state index in [0.29, 0.717) is 22.1 Å². The van der Waals surface area contributed by atoms with Crippen LogP contribution in [-0.2, 0) is 0 Å². The zero-order chi connectivity index (χ0) is 14.8. The number of hydrogen-bond acceptors (Lipinski definition) is 5. The van der Waals surface area contributed by atoms with Gasteiger partial charge in [-0.25, -0.2) is 4.98 Å². The standard InChI is InChI=1S/C16H13NO3S/c1-19-12-8-7-10(9-13(12)20-2)15(18)16-17-11-5-3-4-6-14(11)21-16/h3-9H,1-2H3. The molecule has 0 aliphatic rings. The highest BCUT2D eigenvalue weighted by Gasteiger charge is 2.16. The van der Waals surface area contributed by atoms with Gasteiger partial charge in [-0.15, -0.1) is 11.3 Å². The Morgan fingerprint density at radius 3 is 2.52 bits per heavy atom. The molecule has 0 unspecified atom stereocenters. The molecular formula is C16H13NO3S. The van der Waals surface area contributed by atoms with E-state index in [1.165, 1.54) is 11.3 Å². The fourth-order valence-electron chi connectivity index (χ4n) is 2.07. The van der Waals surface area contributed by atoms with Gasteiger partial charge in [0, 0.05) is 5.56 Å². The number of thiazole rings is 1. The first-order chi connectivity index (χ1) is 10.2. The van der Waals surface area contributed by atoms with E-state index in [9.17, 15) is 4.79 Å². The maximum Gasteiger partial charge on any atom is 0.221 e. The van der Waals surface area contributed by atoms with Crippen LogP contribution in [0.25, 0.3) is 10.2 Å². The van der Waals surface area contributed by atoms with Crippen molar-refractivity contribution in [1.29, 1.82) is 0 Å². The molecule has 0 radical (unpaired) electrons. The minimum atomic E-state index is -0.114. The van der Waals surface area contributed by atoms with Gasteiger partial charge >= 0.3 is 0 Å². The number of benzene rings is 2. The highest BCUT2D eigenvalue weighted by Crippen LogP contribution is 2.30. The van der Waals surface area contributed by atoms with Gasteiger partial charge in [0.15, 0.2) is 16.5 Å².